The topological polar surface area (TPSA) is 80.3 Å². The lowest BCUT2D eigenvalue weighted by Gasteiger charge is -2.34. The molecule has 2 atom stereocenters. The summed E-state index contributed by atoms with van der Waals surface area (Å²) in [5.41, 5.74) is 6.61. The minimum absolute atomic E-state index is 0.276. The van der Waals surface area contributed by atoms with E-state index in [-0.39, 0.29) is 5.92 Å². The number of nitrogens with zero attached hydrogens (tertiary/aromatic N) is 5. The molecule has 0 amide bonds. The highest BCUT2D eigenvalue weighted by Crippen LogP contribution is 2.45. The Bertz CT molecular complexity index is 737. The standard InChI is InChI=1S/C15H15FN6S/c16-12-5-19-14(20-6-12)22-7-11-8-23-13(17)21-15(11,9-22)10-2-1-3-18-4-10/h1-6,11H,7-9H2,(H2,17,21)/t11-,15+/m0/s1. The Hall–Kier alpha value is -2.22. The van der Waals surface area contributed by atoms with Crippen molar-refractivity contribution in [1.82, 2.24) is 15.0 Å². The van der Waals surface area contributed by atoms with Crippen molar-refractivity contribution < 1.29 is 4.39 Å². The van der Waals surface area contributed by atoms with Crippen LogP contribution in [-0.4, -0.2) is 39.0 Å². The van der Waals surface area contributed by atoms with Gasteiger partial charge >= 0.3 is 0 Å². The molecular weight excluding hydrogens is 315 g/mol. The fraction of sp³-hybridized carbons (Fsp3) is 0.333. The van der Waals surface area contributed by atoms with Crippen molar-refractivity contribution in [3.63, 3.8) is 0 Å². The van der Waals surface area contributed by atoms with E-state index in [1.165, 1.54) is 12.4 Å². The van der Waals surface area contributed by atoms with E-state index in [4.69, 9.17) is 10.7 Å². The van der Waals surface area contributed by atoms with Crippen LogP contribution in [0.4, 0.5) is 10.3 Å². The molecule has 4 rings (SSSR count). The van der Waals surface area contributed by atoms with Gasteiger partial charge in [0.1, 0.15) is 5.54 Å². The summed E-state index contributed by atoms with van der Waals surface area (Å²) in [5.74, 6) is 1.23. The zero-order valence-corrected chi connectivity index (χ0v) is 13.1. The number of halogens is 1. The molecule has 1 fully saturated rings. The lowest BCUT2D eigenvalue weighted by Crippen LogP contribution is -2.40. The van der Waals surface area contributed by atoms with Gasteiger partial charge in [0, 0.05) is 36.2 Å². The van der Waals surface area contributed by atoms with Crippen LogP contribution < -0.4 is 10.6 Å². The first-order chi connectivity index (χ1) is 11.2. The molecule has 0 bridgehead atoms. The number of hydrogen-bond acceptors (Lipinski definition) is 7. The maximum Gasteiger partial charge on any atom is 0.225 e. The molecule has 2 aliphatic heterocycles. The Morgan fingerprint density at radius 2 is 2.13 bits per heavy atom. The van der Waals surface area contributed by atoms with Crippen LogP contribution in [0.5, 0.6) is 0 Å². The van der Waals surface area contributed by atoms with E-state index in [1.807, 2.05) is 23.2 Å². The van der Waals surface area contributed by atoms with Crippen LogP contribution >= 0.6 is 11.8 Å². The summed E-state index contributed by atoms with van der Waals surface area (Å²) in [5, 5.41) is 0.590. The highest BCUT2D eigenvalue weighted by Gasteiger charge is 2.50. The molecule has 8 heteroatoms. The zero-order valence-electron chi connectivity index (χ0n) is 12.3. The second kappa shape index (κ2) is 5.45. The van der Waals surface area contributed by atoms with Gasteiger partial charge in [0.05, 0.1) is 18.9 Å². The second-order valence-electron chi connectivity index (χ2n) is 5.71. The minimum atomic E-state index is -0.443. The third-order valence-electron chi connectivity index (χ3n) is 4.34. The summed E-state index contributed by atoms with van der Waals surface area (Å²) >= 11 is 1.57. The molecule has 4 heterocycles. The molecule has 23 heavy (non-hydrogen) atoms. The number of anilines is 1. The highest BCUT2D eigenvalue weighted by atomic mass is 32.2. The van der Waals surface area contributed by atoms with Gasteiger partial charge in [-0.05, 0) is 6.07 Å². The number of hydrogen-bond donors (Lipinski definition) is 1. The number of aromatic nitrogens is 3. The van der Waals surface area contributed by atoms with E-state index in [2.05, 4.69) is 15.0 Å². The van der Waals surface area contributed by atoms with Crippen LogP contribution in [0.15, 0.2) is 41.9 Å². The average Bonchev–Trinajstić information content (AvgIpc) is 2.96. The predicted molar refractivity (Wildman–Crippen MR) is 87.7 cm³/mol. The number of pyridine rings is 1. The summed E-state index contributed by atoms with van der Waals surface area (Å²) in [6, 6.07) is 3.94. The van der Waals surface area contributed by atoms with Crippen LogP contribution in [-0.2, 0) is 5.54 Å². The number of thioether (sulfide) groups is 1. The van der Waals surface area contributed by atoms with Crippen molar-refractivity contribution in [1.29, 1.82) is 0 Å². The van der Waals surface area contributed by atoms with Crippen molar-refractivity contribution in [2.24, 2.45) is 16.6 Å². The number of nitrogens with two attached hydrogens (primary N) is 1. The van der Waals surface area contributed by atoms with E-state index >= 15 is 0 Å². The molecule has 0 aliphatic carbocycles. The number of amidine groups is 1. The van der Waals surface area contributed by atoms with Crippen LogP contribution in [0.1, 0.15) is 5.56 Å². The molecular formula is C15H15FN6S. The Balaban J connectivity index is 1.75. The summed E-state index contributed by atoms with van der Waals surface area (Å²) < 4.78 is 13.1. The Labute approximate surface area is 137 Å². The number of rotatable bonds is 2. The van der Waals surface area contributed by atoms with E-state index in [1.54, 1.807) is 18.0 Å². The summed E-state index contributed by atoms with van der Waals surface area (Å²) in [6.45, 7) is 1.36. The Morgan fingerprint density at radius 1 is 1.30 bits per heavy atom. The summed E-state index contributed by atoms with van der Waals surface area (Å²) in [6.07, 6.45) is 5.96. The van der Waals surface area contributed by atoms with Gasteiger partial charge in [0.25, 0.3) is 0 Å². The first kappa shape index (κ1) is 14.4. The Morgan fingerprint density at radius 3 is 2.87 bits per heavy atom. The van der Waals surface area contributed by atoms with Crippen molar-refractivity contribution in [2.75, 3.05) is 23.7 Å². The zero-order chi connectivity index (χ0) is 15.9. The van der Waals surface area contributed by atoms with Crippen LogP contribution in [0.25, 0.3) is 0 Å². The molecule has 1 saturated heterocycles. The number of fused-ring (bicyclic) bond motifs is 1. The first-order valence-electron chi connectivity index (χ1n) is 7.28. The molecule has 118 valence electrons. The quantitative estimate of drug-likeness (QED) is 0.897. The largest absolute Gasteiger partial charge is 0.379 e. The third-order valence-corrected chi connectivity index (χ3v) is 5.30. The van der Waals surface area contributed by atoms with E-state index < -0.39 is 11.4 Å². The van der Waals surface area contributed by atoms with E-state index in [0.29, 0.717) is 17.7 Å². The monoisotopic (exact) mass is 330 g/mol. The number of aliphatic imine (C=N–C) groups is 1. The second-order valence-corrected chi connectivity index (χ2v) is 6.75. The van der Waals surface area contributed by atoms with E-state index in [0.717, 1.165) is 17.9 Å². The van der Waals surface area contributed by atoms with Crippen LogP contribution in [0.2, 0.25) is 0 Å². The van der Waals surface area contributed by atoms with Gasteiger partial charge in [-0.25, -0.2) is 19.4 Å². The molecule has 2 aromatic heterocycles. The van der Waals surface area contributed by atoms with Gasteiger partial charge in [-0.3, -0.25) is 4.98 Å². The molecule has 2 aromatic rings. The van der Waals surface area contributed by atoms with Gasteiger partial charge in [-0.15, -0.1) is 0 Å². The first-order valence-corrected chi connectivity index (χ1v) is 8.27. The van der Waals surface area contributed by atoms with Crippen molar-refractivity contribution in [3.8, 4) is 0 Å². The fourth-order valence-corrected chi connectivity index (χ4v) is 4.25. The predicted octanol–water partition coefficient (Wildman–Crippen LogP) is 1.40. The van der Waals surface area contributed by atoms with Gasteiger partial charge < -0.3 is 10.6 Å². The molecule has 0 spiro atoms. The SMILES string of the molecule is NC1=N[C@@]2(c3cccnc3)CN(c3ncc(F)cn3)C[C@H]2CS1. The third kappa shape index (κ3) is 2.42. The highest BCUT2D eigenvalue weighted by molar-refractivity contribution is 8.13. The van der Waals surface area contributed by atoms with Crippen molar-refractivity contribution in [2.45, 2.75) is 5.54 Å². The van der Waals surface area contributed by atoms with E-state index in [9.17, 15) is 4.39 Å². The molecule has 0 unspecified atom stereocenters. The minimum Gasteiger partial charge on any atom is -0.379 e. The Kier molecular flexibility index (Phi) is 3.41. The maximum absolute atomic E-state index is 13.1. The average molecular weight is 330 g/mol. The van der Waals surface area contributed by atoms with Gasteiger partial charge in [0.2, 0.25) is 5.95 Å². The molecule has 0 aromatic carbocycles. The normalized spacial score (nSPS) is 26.7. The molecule has 0 radical (unpaired) electrons. The molecule has 0 saturated carbocycles. The smallest absolute Gasteiger partial charge is 0.225 e. The molecule has 2 aliphatic rings. The van der Waals surface area contributed by atoms with Crippen LogP contribution in [0, 0.1) is 11.7 Å². The van der Waals surface area contributed by atoms with Crippen molar-refractivity contribution >= 4 is 22.9 Å². The summed E-state index contributed by atoms with van der Waals surface area (Å²) in [7, 11) is 0. The lowest BCUT2D eigenvalue weighted by atomic mass is 9.83. The summed E-state index contributed by atoms with van der Waals surface area (Å²) in [4.78, 5) is 19.3. The fourth-order valence-electron chi connectivity index (χ4n) is 3.27. The molecule has 6 nitrogen and oxygen atoms in total. The van der Waals surface area contributed by atoms with Crippen LogP contribution in [0.3, 0.4) is 0 Å². The van der Waals surface area contributed by atoms with Gasteiger partial charge in [0.15, 0.2) is 11.0 Å². The lowest BCUT2D eigenvalue weighted by molar-refractivity contribution is 0.386. The van der Waals surface area contributed by atoms with Crippen molar-refractivity contribution in [3.05, 3.63) is 48.3 Å². The van der Waals surface area contributed by atoms with Gasteiger partial charge in [-0.1, -0.05) is 17.8 Å². The van der Waals surface area contributed by atoms with Gasteiger partial charge in [-0.2, -0.15) is 0 Å². The molecule has 2 N–H and O–H groups in total. The maximum atomic E-state index is 13.1.